The smallest absolute Gasteiger partial charge is 0.323 e. The van der Waals surface area contributed by atoms with E-state index in [1.807, 2.05) is 0 Å². The van der Waals surface area contributed by atoms with Gasteiger partial charge in [0, 0.05) is 6.54 Å². The summed E-state index contributed by atoms with van der Waals surface area (Å²) in [6, 6.07) is -0.398. The van der Waals surface area contributed by atoms with Crippen molar-refractivity contribution in [2.75, 3.05) is 19.6 Å². The summed E-state index contributed by atoms with van der Waals surface area (Å²) in [6.07, 6.45) is 8.37. The summed E-state index contributed by atoms with van der Waals surface area (Å²) in [6.45, 7) is 2.34. The fourth-order valence-corrected chi connectivity index (χ4v) is 1.68. The molecule has 0 bridgehead atoms. The first-order valence-corrected chi connectivity index (χ1v) is 5.71. The molecule has 1 aliphatic carbocycles. The molecule has 0 unspecified atom stereocenters. The molecule has 0 saturated heterocycles. The molecule has 0 aromatic heterocycles. The van der Waals surface area contributed by atoms with Crippen molar-refractivity contribution in [1.29, 1.82) is 0 Å². The zero-order valence-corrected chi connectivity index (χ0v) is 10.0. The van der Waals surface area contributed by atoms with Crippen LogP contribution in [-0.2, 0) is 4.79 Å². The minimum atomic E-state index is -1.06. The van der Waals surface area contributed by atoms with E-state index in [0.29, 0.717) is 6.54 Å². The van der Waals surface area contributed by atoms with Crippen LogP contribution in [0, 0.1) is 17.8 Å². The third-order valence-electron chi connectivity index (χ3n) is 3.22. The molecule has 1 fully saturated rings. The fourth-order valence-electron chi connectivity index (χ4n) is 1.68. The van der Waals surface area contributed by atoms with Crippen LogP contribution in [0.25, 0.3) is 0 Å². The molecule has 0 atom stereocenters. The zero-order valence-electron chi connectivity index (χ0n) is 10.0. The normalized spacial score (nSPS) is 15.8. The highest BCUT2D eigenvalue weighted by Crippen LogP contribution is 2.47. The average molecular weight is 238 g/mol. The maximum Gasteiger partial charge on any atom is 0.323 e. The average Bonchev–Trinajstić information content (AvgIpc) is 3.05. The zero-order chi connectivity index (χ0) is 12.9. The molecule has 2 N–H and O–H groups in total. The number of hydrogen-bond donors (Lipinski definition) is 2. The fraction of sp³-hybridized carbons (Fsp3) is 0.667. The first kappa shape index (κ1) is 13.4. The van der Waals surface area contributed by atoms with Gasteiger partial charge < -0.3 is 15.3 Å². The number of rotatable bonds is 6. The minimum Gasteiger partial charge on any atom is -0.480 e. The Labute approximate surface area is 101 Å². The van der Waals surface area contributed by atoms with Crippen molar-refractivity contribution in [1.82, 2.24) is 10.2 Å². The maximum atomic E-state index is 11.7. The van der Waals surface area contributed by atoms with Gasteiger partial charge in [-0.1, -0.05) is 12.8 Å². The van der Waals surface area contributed by atoms with E-state index in [2.05, 4.69) is 18.2 Å². The SMILES string of the molecule is C#CCN(CC(=O)O)C(=O)NCC1(CC)CC1. The molecule has 0 aromatic carbocycles. The summed E-state index contributed by atoms with van der Waals surface area (Å²) in [5.74, 6) is 1.22. The number of urea groups is 1. The van der Waals surface area contributed by atoms with Crippen LogP contribution in [0.3, 0.4) is 0 Å². The summed E-state index contributed by atoms with van der Waals surface area (Å²) >= 11 is 0. The van der Waals surface area contributed by atoms with Crippen LogP contribution < -0.4 is 5.32 Å². The second-order valence-corrected chi connectivity index (χ2v) is 4.47. The number of terminal acetylenes is 1. The predicted molar refractivity (Wildman–Crippen MR) is 63.4 cm³/mol. The van der Waals surface area contributed by atoms with Crippen molar-refractivity contribution in [3.8, 4) is 12.3 Å². The topological polar surface area (TPSA) is 69.6 Å². The van der Waals surface area contributed by atoms with Crippen molar-refractivity contribution >= 4 is 12.0 Å². The van der Waals surface area contributed by atoms with Gasteiger partial charge in [-0.3, -0.25) is 4.79 Å². The molecule has 0 aliphatic heterocycles. The monoisotopic (exact) mass is 238 g/mol. The first-order chi connectivity index (χ1) is 8.03. The van der Waals surface area contributed by atoms with Gasteiger partial charge in [-0.15, -0.1) is 6.42 Å². The molecule has 1 rings (SSSR count). The number of carboxylic acid groups (broad SMARTS) is 1. The highest BCUT2D eigenvalue weighted by atomic mass is 16.4. The lowest BCUT2D eigenvalue weighted by Gasteiger charge is -2.21. The molecule has 0 aromatic rings. The van der Waals surface area contributed by atoms with Gasteiger partial charge in [-0.25, -0.2) is 4.79 Å². The Morgan fingerprint density at radius 1 is 1.53 bits per heavy atom. The van der Waals surface area contributed by atoms with Crippen molar-refractivity contribution in [3.05, 3.63) is 0 Å². The lowest BCUT2D eigenvalue weighted by atomic mass is 10.0. The number of hydrogen-bond acceptors (Lipinski definition) is 2. The number of carbonyl (C=O) groups is 2. The van der Waals surface area contributed by atoms with Gasteiger partial charge in [-0.05, 0) is 24.7 Å². The Morgan fingerprint density at radius 3 is 2.59 bits per heavy atom. The summed E-state index contributed by atoms with van der Waals surface area (Å²) in [5, 5.41) is 11.4. The summed E-state index contributed by atoms with van der Waals surface area (Å²) in [4.78, 5) is 23.4. The summed E-state index contributed by atoms with van der Waals surface area (Å²) < 4.78 is 0. The maximum absolute atomic E-state index is 11.7. The van der Waals surface area contributed by atoms with E-state index in [9.17, 15) is 9.59 Å². The van der Waals surface area contributed by atoms with Crippen molar-refractivity contribution in [2.45, 2.75) is 26.2 Å². The molecule has 5 heteroatoms. The van der Waals surface area contributed by atoms with Crippen LogP contribution in [0.5, 0.6) is 0 Å². The number of aliphatic carboxylic acids is 1. The molecule has 1 saturated carbocycles. The number of carbonyl (C=O) groups excluding carboxylic acids is 1. The van der Waals surface area contributed by atoms with Gasteiger partial charge in [0.05, 0.1) is 6.54 Å². The van der Waals surface area contributed by atoms with Crippen LogP contribution in [-0.4, -0.2) is 41.6 Å². The summed E-state index contributed by atoms with van der Waals surface area (Å²) in [5.41, 5.74) is 0.237. The van der Waals surface area contributed by atoms with Gasteiger partial charge in [0.25, 0.3) is 0 Å². The number of nitrogens with zero attached hydrogens (tertiary/aromatic N) is 1. The molecule has 0 spiro atoms. The van der Waals surface area contributed by atoms with E-state index in [-0.39, 0.29) is 18.5 Å². The Balaban J connectivity index is 2.42. The molecular formula is C12H18N2O3. The van der Waals surface area contributed by atoms with E-state index < -0.39 is 12.0 Å². The number of amides is 2. The van der Waals surface area contributed by atoms with Crippen LogP contribution in [0.1, 0.15) is 26.2 Å². The van der Waals surface area contributed by atoms with Crippen molar-refractivity contribution < 1.29 is 14.7 Å². The van der Waals surface area contributed by atoms with Crippen LogP contribution in [0.15, 0.2) is 0 Å². The molecule has 2 amide bonds. The predicted octanol–water partition coefficient (Wildman–Crippen LogP) is 0.906. The second-order valence-electron chi connectivity index (χ2n) is 4.47. The highest BCUT2D eigenvalue weighted by molar-refractivity contribution is 5.80. The van der Waals surface area contributed by atoms with Gasteiger partial charge in [0.15, 0.2) is 0 Å². The highest BCUT2D eigenvalue weighted by Gasteiger charge is 2.40. The third kappa shape index (κ3) is 3.99. The lowest BCUT2D eigenvalue weighted by molar-refractivity contribution is -0.137. The first-order valence-electron chi connectivity index (χ1n) is 5.71. The Bertz CT molecular complexity index is 342. The van der Waals surface area contributed by atoms with Gasteiger partial charge in [0.1, 0.15) is 6.54 Å². The number of carboxylic acids is 1. The van der Waals surface area contributed by atoms with Gasteiger partial charge in [-0.2, -0.15) is 0 Å². The van der Waals surface area contributed by atoms with E-state index in [1.165, 1.54) is 0 Å². The number of nitrogens with one attached hydrogen (secondary N) is 1. The molecule has 5 nitrogen and oxygen atoms in total. The molecule has 17 heavy (non-hydrogen) atoms. The van der Waals surface area contributed by atoms with E-state index >= 15 is 0 Å². The van der Waals surface area contributed by atoms with Crippen LogP contribution in [0.4, 0.5) is 4.79 Å². The Morgan fingerprint density at radius 2 is 2.18 bits per heavy atom. The molecule has 1 aliphatic rings. The second kappa shape index (κ2) is 5.58. The molecule has 94 valence electrons. The van der Waals surface area contributed by atoms with E-state index in [4.69, 9.17) is 11.5 Å². The molecule has 0 radical (unpaired) electrons. The Hall–Kier alpha value is -1.70. The third-order valence-corrected chi connectivity index (χ3v) is 3.22. The minimum absolute atomic E-state index is 0.0112. The summed E-state index contributed by atoms with van der Waals surface area (Å²) in [7, 11) is 0. The Kier molecular flexibility index (Phi) is 4.38. The van der Waals surface area contributed by atoms with Gasteiger partial charge >= 0.3 is 12.0 Å². The van der Waals surface area contributed by atoms with Gasteiger partial charge in [0.2, 0.25) is 0 Å². The largest absolute Gasteiger partial charge is 0.480 e. The van der Waals surface area contributed by atoms with Crippen LogP contribution >= 0.6 is 0 Å². The van der Waals surface area contributed by atoms with Crippen molar-refractivity contribution in [3.63, 3.8) is 0 Å². The molecular weight excluding hydrogens is 220 g/mol. The quantitative estimate of drug-likeness (QED) is 0.676. The molecule has 0 heterocycles. The lowest BCUT2D eigenvalue weighted by Crippen LogP contribution is -2.44. The van der Waals surface area contributed by atoms with E-state index in [1.54, 1.807) is 0 Å². The van der Waals surface area contributed by atoms with Crippen molar-refractivity contribution in [2.24, 2.45) is 5.41 Å². The van der Waals surface area contributed by atoms with Crippen LogP contribution in [0.2, 0.25) is 0 Å². The standard InChI is InChI=1S/C12H18N2O3/c1-3-7-14(8-10(15)16)11(17)13-9-12(4-2)5-6-12/h1H,4-9H2,2H3,(H,13,17)(H,15,16). The van der Waals surface area contributed by atoms with E-state index in [0.717, 1.165) is 24.2 Å².